The molecular formula is C30H22ClF3N2O3S. The summed E-state index contributed by atoms with van der Waals surface area (Å²) in [6.45, 7) is 0. The third-order valence-electron chi connectivity index (χ3n) is 6.52. The van der Waals surface area contributed by atoms with E-state index in [1.54, 1.807) is 18.3 Å². The molecule has 1 fully saturated rings. The van der Waals surface area contributed by atoms with Crippen LogP contribution < -0.4 is 5.32 Å². The van der Waals surface area contributed by atoms with Gasteiger partial charge in [0.1, 0.15) is 5.69 Å². The lowest BCUT2D eigenvalue weighted by Crippen LogP contribution is -2.13. The lowest BCUT2D eigenvalue weighted by atomic mass is 10.0. The minimum atomic E-state index is -4.46. The van der Waals surface area contributed by atoms with Crippen molar-refractivity contribution in [3.05, 3.63) is 118 Å². The van der Waals surface area contributed by atoms with E-state index in [1.807, 2.05) is 24.3 Å². The van der Waals surface area contributed by atoms with Crippen molar-refractivity contribution in [1.29, 1.82) is 0 Å². The molecule has 0 aliphatic heterocycles. The van der Waals surface area contributed by atoms with Gasteiger partial charge in [-0.05, 0) is 91.1 Å². The maximum Gasteiger partial charge on any atom is 0.416 e. The van der Waals surface area contributed by atoms with E-state index in [4.69, 9.17) is 11.6 Å². The molecule has 204 valence electrons. The van der Waals surface area contributed by atoms with Crippen LogP contribution in [0.3, 0.4) is 0 Å². The third-order valence-corrected chi connectivity index (χ3v) is 7.86. The molecule has 2 N–H and O–H groups in total. The molecule has 0 saturated heterocycles. The predicted octanol–water partition coefficient (Wildman–Crippen LogP) is 8.40. The Labute approximate surface area is 237 Å². The summed E-state index contributed by atoms with van der Waals surface area (Å²) in [5.74, 6) is -1.21. The standard InChI is InChI=1S/C30H22ClF3N2O3S/c31-21-8-3-18(4-9-21)27(17-1-2-17)36-22-10-13-25(35-16-22)28(37)19-5-14-26(24(15-19)29(38)39)40-23-11-6-20(7-12-23)30(32,33)34/h3-17,27,36H,1-2H2,(H,38,39). The molecule has 5 nitrogen and oxygen atoms in total. The monoisotopic (exact) mass is 582 g/mol. The van der Waals surface area contributed by atoms with Crippen LogP contribution in [0.2, 0.25) is 5.02 Å². The van der Waals surface area contributed by atoms with E-state index in [9.17, 15) is 27.9 Å². The Morgan fingerprint density at radius 2 is 1.68 bits per heavy atom. The molecule has 1 aromatic heterocycles. The molecule has 1 aliphatic rings. The largest absolute Gasteiger partial charge is 0.478 e. The summed E-state index contributed by atoms with van der Waals surface area (Å²) in [4.78, 5) is 30.1. The molecule has 40 heavy (non-hydrogen) atoms. The molecule has 1 saturated carbocycles. The van der Waals surface area contributed by atoms with E-state index < -0.39 is 23.5 Å². The SMILES string of the molecule is O=C(c1ccc(Sc2ccc(C(F)(F)F)cc2)c(C(=O)O)c1)c1ccc(NC(c2ccc(Cl)cc2)C2CC2)cn1. The number of anilines is 1. The molecule has 10 heteroatoms. The van der Waals surface area contributed by atoms with Crippen LogP contribution in [0.4, 0.5) is 18.9 Å². The average Bonchev–Trinajstić information content (AvgIpc) is 3.78. The van der Waals surface area contributed by atoms with Crippen molar-refractivity contribution in [2.45, 2.75) is 34.9 Å². The number of ketones is 1. The number of aromatic nitrogens is 1. The molecule has 4 aromatic rings. The summed E-state index contributed by atoms with van der Waals surface area (Å²) in [6, 6.07) is 19.8. The Morgan fingerprint density at radius 1 is 0.975 bits per heavy atom. The maximum atomic E-state index is 13.1. The van der Waals surface area contributed by atoms with Crippen LogP contribution >= 0.6 is 23.4 Å². The fourth-order valence-electron chi connectivity index (χ4n) is 4.28. The lowest BCUT2D eigenvalue weighted by Gasteiger charge is -2.20. The van der Waals surface area contributed by atoms with Crippen LogP contribution in [0, 0.1) is 5.92 Å². The highest BCUT2D eigenvalue weighted by atomic mass is 35.5. The van der Waals surface area contributed by atoms with Gasteiger partial charge in [-0.1, -0.05) is 35.5 Å². The molecule has 1 atom stereocenters. The number of rotatable bonds is 9. The van der Waals surface area contributed by atoms with Crippen LogP contribution in [0.25, 0.3) is 0 Å². The van der Waals surface area contributed by atoms with E-state index in [-0.39, 0.29) is 22.9 Å². The van der Waals surface area contributed by atoms with Gasteiger partial charge in [-0.3, -0.25) is 9.78 Å². The van der Waals surface area contributed by atoms with E-state index in [0.29, 0.717) is 20.7 Å². The predicted molar refractivity (Wildman–Crippen MR) is 147 cm³/mol. The number of alkyl halides is 3. The van der Waals surface area contributed by atoms with Crippen molar-refractivity contribution in [1.82, 2.24) is 4.98 Å². The van der Waals surface area contributed by atoms with Crippen molar-refractivity contribution in [2.75, 3.05) is 5.32 Å². The first-order valence-corrected chi connectivity index (χ1v) is 13.5. The Balaban J connectivity index is 1.31. The van der Waals surface area contributed by atoms with Gasteiger partial charge >= 0.3 is 12.1 Å². The van der Waals surface area contributed by atoms with E-state index in [1.165, 1.54) is 30.3 Å². The minimum absolute atomic E-state index is 0.0912. The first-order valence-electron chi connectivity index (χ1n) is 12.3. The van der Waals surface area contributed by atoms with Gasteiger partial charge < -0.3 is 10.4 Å². The number of hydrogen-bond donors (Lipinski definition) is 2. The van der Waals surface area contributed by atoms with Crippen molar-refractivity contribution in [3.63, 3.8) is 0 Å². The minimum Gasteiger partial charge on any atom is -0.478 e. The third kappa shape index (κ3) is 6.48. The fraction of sp³-hybridized carbons (Fsp3) is 0.167. The van der Waals surface area contributed by atoms with Gasteiger partial charge in [0.25, 0.3) is 0 Å². The molecule has 1 unspecified atom stereocenters. The van der Waals surface area contributed by atoms with E-state index in [2.05, 4.69) is 10.3 Å². The summed E-state index contributed by atoms with van der Waals surface area (Å²) in [6.07, 6.45) is -0.659. The number of aromatic carboxylic acids is 1. The fourth-order valence-corrected chi connectivity index (χ4v) is 5.32. The first-order chi connectivity index (χ1) is 19.1. The zero-order valence-corrected chi connectivity index (χ0v) is 22.4. The van der Waals surface area contributed by atoms with Gasteiger partial charge in [0, 0.05) is 20.4 Å². The number of carboxylic acids is 1. The summed E-state index contributed by atoms with van der Waals surface area (Å²) in [7, 11) is 0. The van der Waals surface area contributed by atoms with Crippen molar-refractivity contribution >= 4 is 40.8 Å². The first kappa shape index (κ1) is 27.7. The Bertz CT molecular complexity index is 1540. The molecule has 0 spiro atoms. The summed E-state index contributed by atoms with van der Waals surface area (Å²) < 4.78 is 38.5. The number of carboxylic acid groups (broad SMARTS) is 1. The molecule has 1 aliphatic carbocycles. The number of benzene rings is 3. The Hall–Kier alpha value is -3.82. The van der Waals surface area contributed by atoms with E-state index >= 15 is 0 Å². The normalized spacial score (nSPS) is 14.0. The number of carbonyl (C=O) groups excluding carboxylic acids is 1. The van der Waals surface area contributed by atoms with Crippen LogP contribution in [0.1, 0.15) is 56.4 Å². The van der Waals surface area contributed by atoms with Gasteiger partial charge in [-0.15, -0.1) is 0 Å². The molecule has 1 heterocycles. The number of nitrogens with zero attached hydrogens (tertiary/aromatic N) is 1. The quantitative estimate of drug-likeness (QED) is 0.193. The van der Waals surface area contributed by atoms with Crippen molar-refractivity contribution < 1.29 is 27.9 Å². The highest BCUT2D eigenvalue weighted by Gasteiger charge is 2.32. The topological polar surface area (TPSA) is 79.3 Å². The van der Waals surface area contributed by atoms with Crippen molar-refractivity contribution in [3.8, 4) is 0 Å². The van der Waals surface area contributed by atoms with Gasteiger partial charge in [0.05, 0.1) is 29.1 Å². The average molecular weight is 583 g/mol. The Kier molecular flexibility index (Phi) is 7.87. The van der Waals surface area contributed by atoms with Crippen molar-refractivity contribution in [2.24, 2.45) is 5.92 Å². The van der Waals surface area contributed by atoms with Gasteiger partial charge in [0.15, 0.2) is 0 Å². The van der Waals surface area contributed by atoms with Crippen LogP contribution in [0.5, 0.6) is 0 Å². The van der Waals surface area contributed by atoms with Gasteiger partial charge in [-0.2, -0.15) is 13.2 Å². The highest BCUT2D eigenvalue weighted by Crippen LogP contribution is 2.43. The summed E-state index contributed by atoms with van der Waals surface area (Å²) in [5, 5.41) is 13.9. The van der Waals surface area contributed by atoms with Gasteiger partial charge in [-0.25, -0.2) is 4.79 Å². The number of pyridine rings is 1. The second-order valence-electron chi connectivity index (χ2n) is 9.41. The molecule has 3 aromatic carbocycles. The molecule has 0 amide bonds. The van der Waals surface area contributed by atoms with Crippen LogP contribution in [-0.4, -0.2) is 21.8 Å². The zero-order chi connectivity index (χ0) is 28.4. The number of halogens is 4. The number of hydrogen-bond acceptors (Lipinski definition) is 5. The highest BCUT2D eigenvalue weighted by molar-refractivity contribution is 7.99. The Morgan fingerprint density at radius 3 is 2.25 bits per heavy atom. The molecule has 0 bridgehead atoms. The lowest BCUT2D eigenvalue weighted by molar-refractivity contribution is -0.137. The second-order valence-corrected chi connectivity index (χ2v) is 11.0. The number of nitrogens with one attached hydrogen (secondary N) is 1. The molecular weight excluding hydrogens is 561 g/mol. The summed E-state index contributed by atoms with van der Waals surface area (Å²) >= 11 is 7.03. The van der Waals surface area contributed by atoms with Crippen LogP contribution in [0.15, 0.2) is 94.9 Å². The molecule has 5 rings (SSSR count). The zero-order valence-electron chi connectivity index (χ0n) is 20.8. The van der Waals surface area contributed by atoms with E-state index in [0.717, 1.165) is 48.0 Å². The maximum absolute atomic E-state index is 13.1. The molecule has 0 radical (unpaired) electrons. The summed E-state index contributed by atoms with van der Waals surface area (Å²) in [5.41, 5.74) is 1.22. The van der Waals surface area contributed by atoms with Gasteiger partial charge in [0.2, 0.25) is 5.78 Å². The number of carbonyl (C=O) groups is 2. The van der Waals surface area contributed by atoms with Crippen LogP contribution in [-0.2, 0) is 6.18 Å². The smallest absolute Gasteiger partial charge is 0.416 e. The second kappa shape index (κ2) is 11.3.